The molecule has 2 aromatic carbocycles. The minimum Gasteiger partial charge on any atom is -0.369 e. The molecule has 8 nitrogen and oxygen atoms in total. The monoisotopic (exact) mass is 487 g/mol. The maximum absolute atomic E-state index is 14.2. The molecule has 0 atom stereocenters. The Morgan fingerprint density at radius 3 is 2.50 bits per heavy atom. The number of aromatic nitrogens is 5. The second-order valence-electron chi connectivity index (χ2n) is 8.91. The summed E-state index contributed by atoms with van der Waals surface area (Å²) in [5, 5.41) is 8.57. The van der Waals surface area contributed by atoms with Gasteiger partial charge in [-0.15, -0.1) is 0 Å². The van der Waals surface area contributed by atoms with Crippen molar-refractivity contribution < 1.29 is 13.3 Å². The van der Waals surface area contributed by atoms with Gasteiger partial charge in [-0.25, -0.2) is 18.7 Å². The molecule has 0 unspecified atom stereocenters. The Morgan fingerprint density at radius 1 is 0.917 bits per heavy atom. The Morgan fingerprint density at radius 2 is 1.69 bits per heavy atom. The summed E-state index contributed by atoms with van der Waals surface area (Å²) in [7, 11) is 2.15. The van der Waals surface area contributed by atoms with Crippen molar-refractivity contribution in [2.75, 3.05) is 38.1 Å². The number of likely N-dealkylation sites (N-methyl/N-ethyl adjacent to an activating group) is 1. The number of fused-ring (bicyclic) bond motifs is 1. The van der Waals surface area contributed by atoms with Crippen molar-refractivity contribution in [2.24, 2.45) is 0 Å². The summed E-state index contributed by atoms with van der Waals surface area (Å²) in [6.45, 7) is 4.49. The molecule has 4 heterocycles. The van der Waals surface area contributed by atoms with E-state index in [0.29, 0.717) is 23.7 Å². The number of anilines is 1. The minimum absolute atomic E-state index is 0.0104. The first kappa shape index (κ1) is 22.3. The molecule has 1 fully saturated rings. The van der Waals surface area contributed by atoms with E-state index < -0.39 is 11.6 Å². The second kappa shape index (κ2) is 9.12. The summed E-state index contributed by atoms with van der Waals surface area (Å²) in [5.74, 6) is -1.17. The molecule has 0 radical (unpaired) electrons. The van der Waals surface area contributed by atoms with E-state index in [1.807, 2.05) is 6.07 Å². The molecular weight excluding hydrogens is 464 g/mol. The van der Waals surface area contributed by atoms with E-state index in [0.717, 1.165) is 43.5 Å². The lowest BCUT2D eigenvalue weighted by molar-refractivity contribution is 0.313. The Labute approximate surface area is 206 Å². The predicted octanol–water partition coefficient (Wildman–Crippen LogP) is 4.18. The van der Waals surface area contributed by atoms with Crippen LogP contribution in [0.25, 0.3) is 34.0 Å². The van der Waals surface area contributed by atoms with Crippen LogP contribution in [0, 0.1) is 11.6 Å². The summed E-state index contributed by atoms with van der Waals surface area (Å²) in [6, 6.07) is 14.2. The first-order valence-electron chi connectivity index (χ1n) is 11.7. The van der Waals surface area contributed by atoms with Crippen molar-refractivity contribution in [1.29, 1.82) is 0 Å². The number of halogens is 2. The van der Waals surface area contributed by atoms with Crippen molar-refractivity contribution in [1.82, 2.24) is 29.8 Å². The van der Waals surface area contributed by atoms with Crippen LogP contribution >= 0.6 is 0 Å². The van der Waals surface area contributed by atoms with Crippen LogP contribution < -0.4 is 4.90 Å². The highest BCUT2D eigenvalue weighted by Gasteiger charge is 2.19. The van der Waals surface area contributed by atoms with Gasteiger partial charge in [0.25, 0.3) is 0 Å². The largest absolute Gasteiger partial charge is 0.369 e. The average Bonchev–Trinajstić information content (AvgIpc) is 3.53. The maximum Gasteiger partial charge on any atom is 0.169 e. The Balaban J connectivity index is 1.18. The van der Waals surface area contributed by atoms with Gasteiger partial charge in [0.05, 0.1) is 18.0 Å². The Bertz CT molecular complexity index is 1470. The number of imidazole rings is 1. The van der Waals surface area contributed by atoms with E-state index in [-0.39, 0.29) is 11.4 Å². The lowest BCUT2D eigenvalue weighted by Gasteiger charge is -2.34. The number of rotatable bonds is 5. The number of hydrogen-bond donors (Lipinski definition) is 0. The molecule has 0 aliphatic carbocycles. The fourth-order valence-electron chi connectivity index (χ4n) is 4.34. The van der Waals surface area contributed by atoms with Crippen LogP contribution in [0.4, 0.5) is 14.5 Å². The Hall–Kier alpha value is -4.18. The summed E-state index contributed by atoms with van der Waals surface area (Å²) in [5.41, 5.74) is 3.94. The smallest absolute Gasteiger partial charge is 0.169 e. The van der Waals surface area contributed by atoms with Gasteiger partial charge in [-0.2, -0.15) is 5.10 Å². The highest BCUT2D eigenvalue weighted by molar-refractivity contribution is 5.66. The zero-order valence-corrected chi connectivity index (χ0v) is 19.6. The summed E-state index contributed by atoms with van der Waals surface area (Å²) < 4.78 is 34.9. The standard InChI is InChI=1S/C26H23F2N7O/c1-33-9-11-34(12-10-33)18-7-5-17(6-8-18)22-13-19(36-32-22)15-35-16-24-23(14-29-35)30-26(31-24)20-3-2-4-21(27)25(20)28/h2-8,13-14,16H,9-12,15H2,1H3. The molecular formula is C26H23F2N7O. The van der Waals surface area contributed by atoms with Crippen LogP contribution in [0.3, 0.4) is 0 Å². The van der Waals surface area contributed by atoms with Gasteiger partial charge in [0.15, 0.2) is 23.2 Å². The maximum atomic E-state index is 14.2. The number of nitrogens with zero attached hydrogens (tertiary/aromatic N) is 7. The lowest BCUT2D eigenvalue weighted by atomic mass is 10.1. The fourth-order valence-corrected chi connectivity index (χ4v) is 4.34. The van der Waals surface area contributed by atoms with Crippen LogP contribution in [0.15, 0.2) is 65.4 Å². The molecule has 3 aromatic rings. The molecule has 3 aliphatic heterocycles. The molecule has 0 saturated carbocycles. The molecule has 0 amide bonds. The number of piperazine rings is 1. The highest BCUT2D eigenvalue weighted by Crippen LogP contribution is 2.28. The molecule has 182 valence electrons. The van der Waals surface area contributed by atoms with Crippen molar-refractivity contribution in [3.8, 4) is 34.0 Å². The van der Waals surface area contributed by atoms with E-state index in [9.17, 15) is 8.78 Å². The summed E-state index contributed by atoms with van der Waals surface area (Å²) in [4.78, 5) is 13.4. The minimum atomic E-state index is -0.973. The normalized spacial score (nSPS) is 14.6. The first-order valence-corrected chi connectivity index (χ1v) is 11.7. The molecule has 0 bridgehead atoms. The van der Waals surface area contributed by atoms with E-state index in [1.165, 1.54) is 24.0 Å². The zero-order chi connectivity index (χ0) is 24.6. The van der Waals surface area contributed by atoms with Crippen LogP contribution in [0.5, 0.6) is 0 Å². The van der Waals surface area contributed by atoms with E-state index in [1.54, 1.807) is 10.9 Å². The van der Waals surface area contributed by atoms with Crippen LogP contribution in [-0.2, 0) is 6.54 Å². The van der Waals surface area contributed by atoms with Crippen molar-refractivity contribution in [2.45, 2.75) is 6.54 Å². The molecule has 0 N–H and O–H groups in total. The van der Waals surface area contributed by atoms with Gasteiger partial charge in [-0.05, 0) is 31.3 Å². The molecule has 1 aromatic heterocycles. The van der Waals surface area contributed by atoms with E-state index >= 15 is 0 Å². The van der Waals surface area contributed by atoms with E-state index in [4.69, 9.17) is 4.52 Å². The summed E-state index contributed by atoms with van der Waals surface area (Å²) >= 11 is 0. The molecule has 36 heavy (non-hydrogen) atoms. The van der Waals surface area contributed by atoms with Crippen molar-refractivity contribution in [3.63, 3.8) is 0 Å². The Kier molecular flexibility index (Phi) is 5.65. The topological polar surface area (TPSA) is 76.1 Å². The number of hydrogen-bond acceptors (Lipinski definition) is 7. The SMILES string of the molecule is CN1CCN(c2ccc(-c3cc(Cn4cc5nc(-c6cccc(F)c6F)nc-5cn4)on3)cc2)CC1. The second-order valence-corrected chi connectivity index (χ2v) is 8.91. The van der Waals surface area contributed by atoms with Crippen molar-refractivity contribution >= 4 is 5.69 Å². The van der Waals surface area contributed by atoms with Gasteiger partial charge >= 0.3 is 0 Å². The zero-order valence-electron chi connectivity index (χ0n) is 19.6. The van der Waals surface area contributed by atoms with Gasteiger partial charge in [0, 0.05) is 43.5 Å². The van der Waals surface area contributed by atoms with Gasteiger partial charge in [-0.3, -0.25) is 4.68 Å². The fraction of sp³-hybridized carbons (Fsp3) is 0.231. The predicted molar refractivity (Wildman–Crippen MR) is 131 cm³/mol. The van der Waals surface area contributed by atoms with Gasteiger partial charge in [0.2, 0.25) is 0 Å². The molecule has 3 aliphatic rings. The third-order valence-corrected chi connectivity index (χ3v) is 6.42. The van der Waals surface area contributed by atoms with Crippen LogP contribution in [-0.4, -0.2) is 63.0 Å². The van der Waals surface area contributed by atoms with E-state index in [2.05, 4.69) is 61.3 Å². The molecule has 0 spiro atoms. The lowest BCUT2D eigenvalue weighted by Crippen LogP contribution is -2.44. The third-order valence-electron chi connectivity index (χ3n) is 6.42. The van der Waals surface area contributed by atoms with Gasteiger partial charge < -0.3 is 14.3 Å². The van der Waals surface area contributed by atoms with Crippen LogP contribution in [0.1, 0.15) is 5.76 Å². The summed E-state index contributed by atoms with van der Waals surface area (Å²) in [6.07, 6.45) is 3.23. The highest BCUT2D eigenvalue weighted by atomic mass is 19.2. The number of benzene rings is 2. The quantitative estimate of drug-likeness (QED) is 0.368. The first-order chi connectivity index (χ1) is 17.5. The molecule has 10 heteroatoms. The van der Waals surface area contributed by atoms with Crippen molar-refractivity contribution in [3.05, 3.63) is 78.3 Å². The third kappa shape index (κ3) is 4.31. The molecule has 6 rings (SSSR count). The molecule has 1 saturated heterocycles. The van der Waals surface area contributed by atoms with Gasteiger partial charge in [-0.1, -0.05) is 23.4 Å². The van der Waals surface area contributed by atoms with Gasteiger partial charge in [0.1, 0.15) is 23.6 Å². The van der Waals surface area contributed by atoms with Crippen LogP contribution in [0.2, 0.25) is 0 Å². The average molecular weight is 488 g/mol.